The van der Waals surface area contributed by atoms with Crippen molar-refractivity contribution in [1.29, 1.82) is 0 Å². The Kier molecular flexibility index (Phi) is 13.7. The van der Waals surface area contributed by atoms with E-state index in [4.69, 9.17) is 19.0 Å². The van der Waals surface area contributed by atoms with Crippen LogP contribution in [0.4, 0.5) is 4.79 Å². The Bertz CT molecular complexity index is 1360. The molecule has 3 aromatic rings. The minimum atomic E-state index is -1.05. The van der Waals surface area contributed by atoms with Crippen LogP contribution in [-0.2, 0) is 38.3 Å². The van der Waals surface area contributed by atoms with Gasteiger partial charge < -0.3 is 19.0 Å². The van der Waals surface area contributed by atoms with Gasteiger partial charge in [0.1, 0.15) is 18.1 Å². The van der Waals surface area contributed by atoms with E-state index in [1.165, 1.54) is 18.2 Å². The summed E-state index contributed by atoms with van der Waals surface area (Å²) in [5, 5.41) is 8.92. The molecular weight excluding hydrogens is 638 g/mol. The molecule has 0 bridgehead atoms. The van der Waals surface area contributed by atoms with Crippen molar-refractivity contribution in [1.82, 2.24) is 4.90 Å². The van der Waals surface area contributed by atoms with Crippen LogP contribution >= 0.6 is 15.9 Å². The highest BCUT2D eigenvalue weighted by molar-refractivity contribution is 9.10. The molecule has 0 spiro atoms. The van der Waals surface area contributed by atoms with Crippen LogP contribution in [0.1, 0.15) is 87.0 Å². The van der Waals surface area contributed by atoms with Gasteiger partial charge in [0.2, 0.25) is 5.91 Å². The zero-order chi connectivity index (χ0) is 32.0. The topological polar surface area (TPSA) is 106 Å². The number of aliphatic hydroxyl groups excluding tert-OH is 1. The molecule has 1 aliphatic rings. The first-order valence-electron chi connectivity index (χ1n) is 16.0. The number of carbonyl (C=O) groups is 3. The highest BCUT2D eigenvalue weighted by Gasteiger charge is 2.45. The fraction of sp³-hybridized carbons (Fsp3) is 0.472. The number of hydrogen-bond donors (Lipinski definition) is 1. The number of esters is 1. The van der Waals surface area contributed by atoms with Gasteiger partial charge in [0.05, 0.1) is 16.4 Å². The SMILES string of the molecule is CC(=O)OC(c1cc(Br)c(CCCCCCCCCCO)o1)C(Cc1ccccc1)C(=O)N1C(=O)OCC1Cc1ccccc1. The molecule has 1 saturated heterocycles. The summed E-state index contributed by atoms with van der Waals surface area (Å²) in [6, 6.07) is 20.4. The van der Waals surface area contributed by atoms with E-state index < -0.39 is 36.0 Å². The molecule has 3 atom stereocenters. The minimum absolute atomic E-state index is 0.0921. The molecule has 0 radical (unpaired) electrons. The van der Waals surface area contributed by atoms with Gasteiger partial charge in [-0.1, -0.05) is 99.2 Å². The average Bonchev–Trinajstić information content (AvgIpc) is 3.59. The van der Waals surface area contributed by atoms with Gasteiger partial charge in [-0.3, -0.25) is 9.59 Å². The molecule has 45 heavy (non-hydrogen) atoms. The van der Waals surface area contributed by atoms with Gasteiger partial charge in [0, 0.05) is 20.0 Å². The second-order valence-electron chi connectivity index (χ2n) is 11.7. The fourth-order valence-electron chi connectivity index (χ4n) is 5.85. The minimum Gasteiger partial charge on any atom is -0.461 e. The number of hydrogen-bond acceptors (Lipinski definition) is 7. The van der Waals surface area contributed by atoms with Crippen molar-refractivity contribution in [3.63, 3.8) is 0 Å². The summed E-state index contributed by atoms with van der Waals surface area (Å²) >= 11 is 3.62. The Morgan fingerprint density at radius 2 is 1.53 bits per heavy atom. The lowest BCUT2D eigenvalue weighted by molar-refractivity contribution is -0.155. The Hall–Kier alpha value is -3.43. The van der Waals surface area contributed by atoms with E-state index in [1.807, 2.05) is 60.7 Å². The second kappa shape index (κ2) is 17.9. The van der Waals surface area contributed by atoms with E-state index in [9.17, 15) is 14.4 Å². The first-order chi connectivity index (χ1) is 21.9. The van der Waals surface area contributed by atoms with Crippen LogP contribution in [0.3, 0.4) is 0 Å². The van der Waals surface area contributed by atoms with Crippen molar-refractivity contribution in [3.05, 3.63) is 93.9 Å². The molecule has 0 saturated carbocycles. The lowest BCUT2D eigenvalue weighted by atomic mass is 9.90. The number of ether oxygens (including phenoxy) is 2. The normalized spacial score (nSPS) is 15.9. The van der Waals surface area contributed by atoms with E-state index in [1.54, 1.807) is 6.07 Å². The molecule has 1 N–H and O–H groups in total. The van der Waals surface area contributed by atoms with Gasteiger partial charge in [-0.15, -0.1) is 0 Å². The van der Waals surface area contributed by atoms with Crippen molar-refractivity contribution in [2.75, 3.05) is 13.2 Å². The molecule has 0 aliphatic carbocycles. The zero-order valence-electron chi connectivity index (χ0n) is 26.0. The van der Waals surface area contributed by atoms with Gasteiger partial charge in [-0.05, 0) is 58.8 Å². The Morgan fingerprint density at radius 1 is 0.933 bits per heavy atom. The van der Waals surface area contributed by atoms with E-state index in [2.05, 4.69) is 15.9 Å². The zero-order valence-corrected chi connectivity index (χ0v) is 27.6. The Labute approximate surface area is 274 Å². The molecule has 3 unspecified atom stereocenters. The number of nitrogens with zero attached hydrogens (tertiary/aromatic N) is 1. The molecule has 2 heterocycles. The lowest BCUT2D eigenvalue weighted by Gasteiger charge is -2.29. The summed E-state index contributed by atoms with van der Waals surface area (Å²) in [5.74, 6) is -0.863. The molecular formula is C36H44BrNO7. The maximum atomic E-state index is 14.4. The van der Waals surface area contributed by atoms with Crippen LogP contribution in [0.25, 0.3) is 0 Å². The third-order valence-electron chi connectivity index (χ3n) is 8.16. The summed E-state index contributed by atoms with van der Waals surface area (Å²) in [7, 11) is 0. The smallest absolute Gasteiger partial charge is 0.416 e. The van der Waals surface area contributed by atoms with Crippen LogP contribution in [-0.4, -0.2) is 47.2 Å². The van der Waals surface area contributed by atoms with Gasteiger partial charge in [-0.2, -0.15) is 0 Å². The Morgan fingerprint density at radius 3 is 2.16 bits per heavy atom. The van der Waals surface area contributed by atoms with Gasteiger partial charge in [0.25, 0.3) is 0 Å². The van der Waals surface area contributed by atoms with Crippen molar-refractivity contribution in [3.8, 4) is 0 Å². The van der Waals surface area contributed by atoms with Gasteiger partial charge in [0.15, 0.2) is 6.10 Å². The number of cyclic esters (lactones) is 1. The van der Waals surface area contributed by atoms with Crippen molar-refractivity contribution >= 4 is 33.9 Å². The first-order valence-corrected chi connectivity index (χ1v) is 16.8. The summed E-state index contributed by atoms with van der Waals surface area (Å²) in [6.45, 7) is 1.66. The maximum Gasteiger partial charge on any atom is 0.416 e. The molecule has 1 aromatic heterocycles. The van der Waals surface area contributed by atoms with Crippen LogP contribution in [0.15, 0.2) is 75.6 Å². The standard InChI is InChI=1S/C36H44BrNO7/c1-26(40)44-34(33-24-31(37)32(45-33)20-14-6-4-2-3-5-7-15-21-39)30(23-28-18-12-9-13-19-28)35(41)38-29(25-43-36(38)42)22-27-16-10-8-11-17-27/h8-13,16-19,24,29-30,34,39H,2-7,14-15,20-23,25H2,1H3. The number of benzene rings is 2. The fourth-order valence-corrected chi connectivity index (χ4v) is 6.35. The first kappa shape index (κ1) is 34.4. The van der Waals surface area contributed by atoms with Gasteiger partial charge >= 0.3 is 12.1 Å². The van der Waals surface area contributed by atoms with Crippen LogP contribution in [0, 0.1) is 5.92 Å². The number of rotatable bonds is 18. The van der Waals surface area contributed by atoms with E-state index in [-0.39, 0.29) is 19.6 Å². The van der Waals surface area contributed by atoms with Crippen LogP contribution < -0.4 is 0 Å². The summed E-state index contributed by atoms with van der Waals surface area (Å²) in [4.78, 5) is 41.0. The van der Waals surface area contributed by atoms with E-state index in [0.29, 0.717) is 18.6 Å². The van der Waals surface area contributed by atoms with E-state index >= 15 is 0 Å². The number of furan rings is 1. The highest BCUT2D eigenvalue weighted by Crippen LogP contribution is 2.37. The average molecular weight is 683 g/mol. The Balaban J connectivity index is 1.53. The highest BCUT2D eigenvalue weighted by atomic mass is 79.9. The van der Waals surface area contributed by atoms with Crippen molar-refractivity contribution in [2.24, 2.45) is 5.92 Å². The van der Waals surface area contributed by atoms with Crippen LogP contribution in [0.2, 0.25) is 0 Å². The number of halogens is 1. The molecule has 4 rings (SSSR count). The summed E-state index contributed by atoms with van der Waals surface area (Å²) in [5.41, 5.74) is 1.85. The van der Waals surface area contributed by atoms with Crippen molar-refractivity contribution in [2.45, 2.75) is 89.7 Å². The maximum absolute atomic E-state index is 14.4. The third kappa shape index (κ3) is 10.3. The molecule has 242 valence electrons. The number of unbranched alkanes of at least 4 members (excludes halogenated alkanes) is 7. The number of aryl methyl sites for hydroxylation is 1. The number of aliphatic hydroxyl groups is 1. The number of amides is 2. The summed E-state index contributed by atoms with van der Waals surface area (Å²) in [6.07, 6.45) is 8.19. The second-order valence-corrected chi connectivity index (χ2v) is 12.5. The van der Waals surface area contributed by atoms with Gasteiger partial charge in [-0.25, -0.2) is 9.69 Å². The molecule has 1 fully saturated rings. The predicted octanol–water partition coefficient (Wildman–Crippen LogP) is 7.75. The molecule has 1 aliphatic heterocycles. The number of carbonyl (C=O) groups excluding carboxylic acids is 3. The molecule has 9 heteroatoms. The largest absolute Gasteiger partial charge is 0.461 e. The monoisotopic (exact) mass is 681 g/mol. The molecule has 8 nitrogen and oxygen atoms in total. The lowest BCUT2D eigenvalue weighted by Crippen LogP contribution is -2.46. The van der Waals surface area contributed by atoms with Crippen LogP contribution in [0.5, 0.6) is 0 Å². The molecule has 2 aromatic carbocycles. The number of imide groups is 1. The third-order valence-corrected chi connectivity index (χ3v) is 8.83. The summed E-state index contributed by atoms with van der Waals surface area (Å²) < 4.78 is 18.3. The van der Waals surface area contributed by atoms with E-state index in [0.717, 1.165) is 66.3 Å². The quantitative estimate of drug-likeness (QED) is 0.108. The van der Waals surface area contributed by atoms with Crippen molar-refractivity contribution < 1.29 is 33.4 Å². The predicted molar refractivity (Wildman–Crippen MR) is 174 cm³/mol. The molecule has 2 amide bonds.